The number of hydrogen-bond acceptors (Lipinski definition) is 2. The van der Waals surface area contributed by atoms with Crippen molar-refractivity contribution in [3.05, 3.63) is 0 Å². The Morgan fingerprint density at radius 2 is 1.75 bits per heavy atom. The molecule has 0 aliphatic carbocycles. The molecule has 1 nitrogen and oxygen atoms in total. The summed E-state index contributed by atoms with van der Waals surface area (Å²) < 4.78 is 0. The molecule has 0 aromatic heterocycles. The lowest BCUT2D eigenvalue weighted by molar-refractivity contribution is 0.225. The topological polar surface area (TPSA) is 3.24 Å². The van der Waals surface area contributed by atoms with Crippen molar-refractivity contribution in [2.45, 2.75) is 33.6 Å². The van der Waals surface area contributed by atoms with Gasteiger partial charge in [0.15, 0.2) is 0 Å². The largest absolute Gasteiger partial charge is 0.306 e. The van der Waals surface area contributed by atoms with Crippen molar-refractivity contribution in [3.8, 4) is 0 Å². The molecule has 0 aliphatic rings. The van der Waals surface area contributed by atoms with Crippen LogP contribution in [0.25, 0.3) is 0 Å². The SMILES string of the molecule is CN(CCCCS)CC(C)(C)C. The molecule has 0 spiro atoms. The Morgan fingerprint density at radius 3 is 2.17 bits per heavy atom. The first kappa shape index (κ1) is 12.3. The highest BCUT2D eigenvalue weighted by atomic mass is 32.1. The van der Waals surface area contributed by atoms with Crippen molar-refractivity contribution >= 4 is 12.6 Å². The molecule has 0 aliphatic heterocycles. The lowest BCUT2D eigenvalue weighted by Gasteiger charge is -2.26. The van der Waals surface area contributed by atoms with Gasteiger partial charge in [0.25, 0.3) is 0 Å². The summed E-state index contributed by atoms with van der Waals surface area (Å²) in [4.78, 5) is 2.41. The second-order valence-corrected chi connectivity index (χ2v) is 5.18. The van der Waals surface area contributed by atoms with E-state index in [0.717, 1.165) is 5.75 Å². The summed E-state index contributed by atoms with van der Waals surface area (Å²) in [6.07, 6.45) is 2.51. The molecule has 0 heterocycles. The van der Waals surface area contributed by atoms with Crippen LogP contribution in [0.4, 0.5) is 0 Å². The molecule has 0 bridgehead atoms. The smallest absolute Gasteiger partial charge is 0.00270 e. The van der Waals surface area contributed by atoms with Crippen LogP contribution < -0.4 is 0 Å². The van der Waals surface area contributed by atoms with Gasteiger partial charge in [0.2, 0.25) is 0 Å². The molecule has 0 unspecified atom stereocenters. The summed E-state index contributed by atoms with van der Waals surface area (Å²) in [7, 11) is 2.20. The molecule has 0 fully saturated rings. The molecule has 0 rings (SSSR count). The van der Waals surface area contributed by atoms with Gasteiger partial charge in [-0.3, -0.25) is 0 Å². The Kier molecular flexibility index (Phi) is 6.02. The number of rotatable bonds is 5. The Balaban J connectivity index is 3.40. The Hall–Kier alpha value is 0.310. The van der Waals surface area contributed by atoms with E-state index in [1.54, 1.807) is 0 Å². The first-order valence-electron chi connectivity index (χ1n) is 4.75. The van der Waals surface area contributed by atoms with Crippen molar-refractivity contribution in [2.75, 3.05) is 25.9 Å². The Bertz CT molecular complexity index is 107. The molecule has 74 valence electrons. The van der Waals surface area contributed by atoms with Crippen LogP contribution in [-0.4, -0.2) is 30.8 Å². The Morgan fingerprint density at radius 1 is 1.17 bits per heavy atom. The summed E-state index contributed by atoms with van der Waals surface area (Å²) in [6, 6.07) is 0. The van der Waals surface area contributed by atoms with Crippen LogP contribution in [0, 0.1) is 5.41 Å². The van der Waals surface area contributed by atoms with Crippen LogP contribution in [-0.2, 0) is 0 Å². The first-order chi connectivity index (χ1) is 5.45. The summed E-state index contributed by atoms with van der Waals surface area (Å²) in [5.74, 6) is 1.02. The van der Waals surface area contributed by atoms with E-state index in [9.17, 15) is 0 Å². The van der Waals surface area contributed by atoms with Crippen molar-refractivity contribution in [2.24, 2.45) is 5.41 Å². The molecule has 0 atom stereocenters. The maximum atomic E-state index is 4.19. The molecule has 0 saturated heterocycles. The fraction of sp³-hybridized carbons (Fsp3) is 1.00. The van der Waals surface area contributed by atoms with E-state index in [2.05, 4.69) is 45.3 Å². The minimum Gasteiger partial charge on any atom is -0.306 e. The highest BCUT2D eigenvalue weighted by molar-refractivity contribution is 7.80. The fourth-order valence-electron chi connectivity index (χ4n) is 1.38. The van der Waals surface area contributed by atoms with Gasteiger partial charge >= 0.3 is 0 Å². The van der Waals surface area contributed by atoms with Gasteiger partial charge < -0.3 is 4.90 Å². The molecule has 0 amide bonds. The predicted octanol–water partition coefficient (Wildman–Crippen LogP) is 2.67. The third-order valence-corrected chi connectivity index (χ3v) is 2.01. The quantitative estimate of drug-likeness (QED) is 0.514. The van der Waals surface area contributed by atoms with Crippen molar-refractivity contribution in [1.82, 2.24) is 4.90 Å². The van der Waals surface area contributed by atoms with Crippen LogP contribution >= 0.6 is 12.6 Å². The van der Waals surface area contributed by atoms with Gasteiger partial charge in [-0.25, -0.2) is 0 Å². The van der Waals surface area contributed by atoms with Crippen molar-refractivity contribution in [1.29, 1.82) is 0 Å². The second-order valence-electron chi connectivity index (χ2n) is 4.73. The second kappa shape index (κ2) is 5.87. The zero-order valence-electron chi connectivity index (χ0n) is 8.93. The first-order valence-corrected chi connectivity index (χ1v) is 5.38. The average molecular weight is 189 g/mol. The molecule has 0 saturated carbocycles. The van der Waals surface area contributed by atoms with Crippen molar-refractivity contribution in [3.63, 3.8) is 0 Å². The number of nitrogens with zero attached hydrogens (tertiary/aromatic N) is 1. The van der Waals surface area contributed by atoms with E-state index < -0.39 is 0 Å². The van der Waals surface area contributed by atoms with Gasteiger partial charge in [0, 0.05) is 6.54 Å². The highest BCUT2D eigenvalue weighted by Crippen LogP contribution is 2.14. The van der Waals surface area contributed by atoms with Crippen LogP contribution in [0.15, 0.2) is 0 Å². The molecular formula is C10H23NS. The summed E-state index contributed by atoms with van der Waals surface area (Å²) in [5, 5.41) is 0. The maximum absolute atomic E-state index is 4.19. The van der Waals surface area contributed by atoms with Crippen LogP contribution in [0.3, 0.4) is 0 Å². The van der Waals surface area contributed by atoms with Gasteiger partial charge in [-0.2, -0.15) is 12.6 Å². The van der Waals surface area contributed by atoms with E-state index >= 15 is 0 Å². The van der Waals surface area contributed by atoms with Crippen molar-refractivity contribution < 1.29 is 0 Å². The highest BCUT2D eigenvalue weighted by Gasteiger charge is 2.12. The van der Waals surface area contributed by atoms with Gasteiger partial charge in [0.05, 0.1) is 0 Å². The Labute approximate surface area is 82.9 Å². The summed E-state index contributed by atoms with van der Waals surface area (Å²) in [5.41, 5.74) is 0.426. The molecule has 0 radical (unpaired) electrons. The van der Waals surface area contributed by atoms with Gasteiger partial charge in [-0.1, -0.05) is 20.8 Å². The van der Waals surface area contributed by atoms with Crippen LogP contribution in [0.2, 0.25) is 0 Å². The number of unbranched alkanes of at least 4 members (excludes halogenated alkanes) is 1. The molecular weight excluding hydrogens is 166 g/mol. The third-order valence-electron chi connectivity index (χ3n) is 1.69. The van der Waals surface area contributed by atoms with Crippen LogP contribution in [0.5, 0.6) is 0 Å². The van der Waals surface area contributed by atoms with E-state index in [1.807, 2.05) is 0 Å². The minimum atomic E-state index is 0.426. The van der Waals surface area contributed by atoms with E-state index in [4.69, 9.17) is 0 Å². The fourth-order valence-corrected chi connectivity index (χ4v) is 1.61. The predicted molar refractivity (Wildman–Crippen MR) is 60.0 cm³/mol. The maximum Gasteiger partial charge on any atom is 0.00270 e. The lowest BCUT2D eigenvalue weighted by atomic mass is 9.96. The lowest BCUT2D eigenvalue weighted by Crippen LogP contribution is -2.30. The molecule has 0 aromatic carbocycles. The number of hydrogen-bond donors (Lipinski definition) is 1. The minimum absolute atomic E-state index is 0.426. The third kappa shape index (κ3) is 8.41. The average Bonchev–Trinajstić information content (AvgIpc) is 1.84. The normalized spacial score (nSPS) is 12.5. The number of thiol groups is 1. The zero-order chi connectivity index (χ0) is 9.61. The van der Waals surface area contributed by atoms with E-state index in [1.165, 1.54) is 25.9 Å². The summed E-state index contributed by atoms with van der Waals surface area (Å²) >= 11 is 4.19. The molecule has 0 N–H and O–H groups in total. The van der Waals surface area contributed by atoms with Crippen LogP contribution in [0.1, 0.15) is 33.6 Å². The monoisotopic (exact) mass is 189 g/mol. The summed E-state index contributed by atoms with van der Waals surface area (Å²) in [6.45, 7) is 9.23. The van der Waals surface area contributed by atoms with Gasteiger partial charge in [0.1, 0.15) is 0 Å². The van der Waals surface area contributed by atoms with Gasteiger partial charge in [-0.05, 0) is 37.6 Å². The molecule has 12 heavy (non-hydrogen) atoms. The van der Waals surface area contributed by atoms with E-state index in [-0.39, 0.29) is 0 Å². The van der Waals surface area contributed by atoms with Gasteiger partial charge in [-0.15, -0.1) is 0 Å². The molecule has 2 heteroatoms. The standard InChI is InChI=1S/C10H23NS/c1-10(2,3)9-11(4)7-5-6-8-12/h12H,5-9H2,1-4H3. The zero-order valence-corrected chi connectivity index (χ0v) is 9.82. The van der Waals surface area contributed by atoms with E-state index in [0.29, 0.717) is 5.41 Å². The molecule has 0 aromatic rings.